The molecule has 0 bridgehead atoms. The van der Waals surface area contributed by atoms with Gasteiger partial charge >= 0.3 is 16.5 Å². The Morgan fingerprint density at radius 3 is 0.800 bits per heavy atom. The van der Waals surface area contributed by atoms with Gasteiger partial charge in [0, 0.05) is 17.1 Å². The Hall–Kier alpha value is -1.85. The van der Waals surface area contributed by atoms with Crippen LogP contribution in [0.2, 0.25) is 15.1 Å². The van der Waals surface area contributed by atoms with Crippen LogP contribution in [0.5, 0.6) is 0 Å². The van der Waals surface area contributed by atoms with Crippen molar-refractivity contribution in [2.24, 2.45) is 0 Å². The quantitative estimate of drug-likeness (QED) is 0.200. The first-order valence-electron chi connectivity index (χ1n) is 10.0. The van der Waals surface area contributed by atoms with E-state index in [2.05, 4.69) is 0 Å². The number of hydrogen-bond acceptors (Lipinski definition) is 12. The first-order chi connectivity index (χ1) is 17.5. The van der Waals surface area contributed by atoms with Crippen LogP contribution < -0.4 is 17.2 Å². The molecular weight excluding hydrogens is 699 g/mol. The van der Waals surface area contributed by atoms with E-state index in [1.807, 2.05) is 0 Å². The Balaban J connectivity index is 0.000000563. The molecule has 0 heterocycles. The zero-order chi connectivity index (χ0) is 30.7. The number of benzene rings is 3. The summed E-state index contributed by atoms with van der Waals surface area (Å²) in [6.07, 6.45) is 0. The van der Waals surface area contributed by atoms with Crippen LogP contribution in [0.4, 0.5) is 17.1 Å². The van der Waals surface area contributed by atoms with Gasteiger partial charge in [0.15, 0.2) is 0 Å². The van der Waals surface area contributed by atoms with Crippen LogP contribution in [0, 0.1) is 20.8 Å². The van der Waals surface area contributed by atoms with Gasteiger partial charge in [-0.1, -0.05) is 34.8 Å². The van der Waals surface area contributed by atoms with E-state index in [4.69, 9.17) is 52.0 Å². The number of halogens is 3. The molecule has 3 aromatic carbocycles. The first-order valence-corrected chi connectivity index (χ1v) is 15.4. The molecule has 0 atom stereocenters. The first kappa shape index (κ1) is 38.2. The molecule has 0 unspecified atom stereocenters. The van der Waals surface area contributed by atoms with Crippen molar-refractivity contribution < 1.29 is 55.4 Å². The van der Waals surface area contributed by atoms with Crippen LogP contribution in [-0.4, -0.2) is 38.9 Å². The summed E-state index contributed by atoms with van der Waals surface area (Å²) in [7, 11) is -13.6. The van der Waals surface area contributed by atoms with Crippen molar-refractivity contribution in [1.29, 1.82) is 0 Å². The summed E-state index contributed by atoms with van der Waals surface area (Å²) in [4.78, 5) is -1.31. The maximum absolute atomic E-state index is 10.7. The molecule has 40 heavy (non-hydrogen) atoms. The van der Waals surface area contributed by atoms with E-state index in [1.54, 1.807) is 0 Å². The predicted octanol–water partition coefficient (Wildman–Crippen LogP) is 3.40. The van der Waals surface area contributed by atoms with Crippen molar-refractivity contribution in [3.8, 4) is 0 Å². The summed E-state index contributed by atoms with van der Waals surface area (Å²) in [6.45, 7) is 4.31. The third-order valence-corrected chi connectivity index (χ3v) is 9.31. The summed E-state index contributed by atoms with van der Waals surface area (Å²) in [5.74, 6) is 0. The number of anilines is 3. The Morgan fingerprint density at radius 2 is 0.675 bits per heavy atom. The van der Waals surface area contributed by atoms with E-state index in [0.717, 1.165) is 0 Å². The molecule has 0 aromatic heterocycles. The van der Waals surface area contributed by atoms with Gasteiger partial charge in [0.1, 0.15) is 30.4 Å². The van der Waals surface area contributed by atoms with Crippen LogP contribution in [-0.2, 0) is 46.8 Å². The Morgan fingerprint density at radius 1 is 0.500 bits per heavy atom. The minimum atomic E-state index is -4.55. The van der Waals surface area contributed by atoms with E-state index in [1.165, 1.54) is 57.2 Å². The van der Waals surface area contributed by atoms with Gasteiger partial charge in [0.2, 0.25) is 0 Å². The second-order valence-corrected chi connectivity index (χ2v) is 12.8. The smallest absolute Gasteiger partial charge is 0.744 e. The molecule has 19 heteroatoms. The normalized spacial score (nSPS) is 11.3. The van der Waals surface area contributed by atoms with Crippen LogP contribution in [0.25, 0.3) is 0 Å². The minimum absolute atomic E-state index is 0. The monoisotopic (exact) mass is 718 g/mol. The third-order valence-electron chi connectivity index (χ3n) is 4.95. The molecule has 3 rings (SSSR count). The summed E-state index contributed by atoms with van der Waals surface area (Å²) in [5.41, 5.74) is 17.6. The Bertz CT molecular complexity index is 1530. The van der Waals surface area contributed by atoms with Gasteiger partial charge in [0.05, 0.1) is 29.8 Å². The van der Waals surface area contributed by atoms with E-state index in [9.17, 15) is 38.9 Å². The van der Waals surface area contributed by atoms with E-state index in [0.29, 0.717) is 0 Å². The van der Waals surface area contributed by atoms with Gasteiger partial charge in [0.25, 0.3) is 0 Å². The van der Waals surface area contributed by atoms with Crippen molar-refractivity contribution in [3.63, 3.8) is 0 Å². The minimum Gasteiger partial charge on any atom is -0.744 e. The molecule has 0 aliphatic carbocycles. The fourth-order valence-electron chi connectivity index (χ4n) is 2.94. The maximum atomic E-state index is 10.7. The molecule has 0 aliphatic rings. The molecule has 1 radical (unpaired) electrons. The third kappa shape index (κ3) is 9.91. The van der Waals surface area contributed by atoms with Gasteiger partial charge in [-0.2, -0.15) is 0 Å². The van der Waals surface area contributed by atoms with E-state index < -0.39 is 45.0 Å². The van der Waals surface area contributed by atoms with E-state index >= 15 is 0 Å². The molecule has 223 valence electrons. The van der Waals surface area contributed by atoms with Crippen molar-refractivity contribution in [1.82, 2.24) is 0 Å². The number of nitrogen functional groups attached to an aromatic ring is 3. The fourth-order valence-corrected chi connectivity index (χ4v) is 6.81. The van der Waals surface area contributed by atoms with Crippen LogP contribution >= 0.6 is 34.8 Å². The molecule has 0 fully saturated rings. The molecule has 0 saturated carbocycles. The summed E-state index contributed by atoms with van der Waals surface area (Å²) >= 11 is 16.7. The van der Waals surface area contributed by atoms with Crippen LogP contribution in [0.3, 0.4) is 0 Å². The zero-order valence-electron chi connectivity index (χ0n) is 20.5. The SMILES string of the molecule is Cc1c(N)ccc(Cl)c1S(=O)(=O)[O-].Cc1c(N)ccc(Cl)c1S(=O)(=O)[O-].Cc1c(N)ccc(Cl)c1S(=O)(=O)[O-].[Ni+3]. The van der Waals surface area contributed by atoms with Gasteiger partial charge < -0.3 is 30.9 Å². The fraction of sp³-hybridized carbons (Fsp3) is 0.143. The van der Waals surface area contributed by atoms with Crippen molar-refractivity contribution >= 4 is 82.2 Å². The van der Waals surface area contributed by atoms with Crippen molar-refractivity contribution in [2.75, 3.05) is 17.2 Å². The average molecular weight is 721 g/mol. The van der Waals surface area contributed by atoms with Crippen LogP contribution in [0.15, 0.2) is 51.1 Å². The molecule has 6 N–H and O–H groups in total. The Kier molecular flexibility index (Phi) is 13.7. The van der Waals surface area contributed by atoms with Gasteiger partial charge in [-0.15, -0.1) is 0 Å². The molecule has 3 aromatic rings. The van der Waals surface area contributed by atoms with E-state index in [-0.39, 0.29) is 65.3 Å². The summed E-state index contributed by atoms with van der Waals surface area (Å²) in [5, 5.41) is -0.287. The second-order valence-electron chi connectivity index (χ2n) is 7.63. The molecule has 0 aliphatic heterocycles. The summed E-state index contributed by atoms with van der Waals surface area (Å²) < 4.78 is 96.6. The average Bonchev–Trinajstić information content (AvgIpc) is 2.75. The molecular formula is C21H21Cl3N3NiO9S3. The Labute approximate surface area is 257 Å². The topological polar surface area (TPSA) is 250 Å². The largest absolute Gasteiger partial charge is 3.00 e. The van der Waals surface area contributed by atoms with Gasteiger partial charge in [-0.3, -0.25) is 0 Å². The van der Waals surface area contributed by atoms with Crippen molar-refractivity contribution in [3.05, 3.63) is 68.2 Å². The molecule has 0 spiro atoms. The maximum Gasteiger partial charge on any atom is 3.00 e. The number of hydrogen-bond donors (Lipinski definition) is 3. The molecule has 12 nitrogen and oxygen atoms in total. The predicted molar refractivity (Wildman–Crippen MR) is 146 cm³/mol. The zero-order valence-corrected chi connectivity index (χ0v) is 26.3. The molecule has 0 saturated heterocycles. The van der Waals surface area contributed by atoms with Crippen LogP contribution in [0.1, 0.15) is 16.7 Å². The number of rotatable bonds is 3. The number of nitrogens with two attached hydrogens (primary N) is 3. The van der Waals surface area contributed by atoms with Gasteiger partial charge in [-0.05, 0) is 73.9 Å². The standard InChI is InChI=1S/3C7H8ClNO3S.Ni/c3*1-4-6(9)3-2-5(8)7(4)13(10,11)12;/h3*2-3H,9H2,1H3,(H,10,11,12);/q;;;+3/p-3. The second kappa shape index (κ2) is 14.4. The van der Waals surface area contributed by atoms with Gasteiger partial charge in [-0.25, -0.2) is 25.3 Å². The summed E-state index contributed by atoms with van der Waals surface area (Å²) in [6, 6.07) is 8.21. The molecule has 0 amide bonds. The van der Waals surface area contributed by atoms with Crippen molar-refractivity contribution in [2.45, 2.75) is 35.5 Å².